The fourth-order valence-corrected chi connectivity index (χ4v) is 3.00. The van der Waals surface area contributed by atoms with Gasteiger partial charge in [-0.15, -0.1) is 0 Å². The highest BCUT2D eigenvalue weighted by atomic mass is 16.5. The number of methoxy groups -OCH3 is 2. The molecule has 5 nitrogen and oxygen atoms in total. The molecular formula is C21H20N2O3. The number of nitrogens with zero attached hydrogens (tertiary/aromatic N) is 1. The number of nitrogens with one attached hydrogen (secondary N) is 1. The average molecular weight is 348 g/mol. The van der Waals surface area contributed by atoms with Crippen molar-refractivity contribution >= 4 is 21.9 Å². The van der Waals surface area contributed by atoms with Crippen LogP contribution in [0.15, 0.2) is 54.6 Å². The highest BCUT2D eigenvalue weighted by molar-refractivity contribution is 6.05. The molecule has 0 bridgehead atoms. The van der Waals surface area contributed by atoms with E-state index in [0.717, 1.165) is 44.7 Å². The van der Waals surface area contributed by atoms with E-state index in [0.29, 0.717) is 13.2 Å². The van der Waals surface area contributed by atoms with E-state index in [2.05, 4.69) is 11.1 Å². The summed E-state index contributed by atoms with van der Waals surface area (Å²) in [4.78, 5) is 8.27. The van der Waals surface area contributed by atoms with Crippen LogP contribution in [0.2, 0.25) is 0 Å². The van der Waals surface area contributed by atoms with Crippen molar-refractivity contribution in [1.82, 2.24) is 9.97 Å². The van der Waals surface area contributed by atoms with Gasteiger partial charge in [-0.2, -0.15) is 0 Å². The van der Waals surface area contributed by atoms with E-state index in [-0.39, 0.29) is 0 Å². The largest absolute Gasteiger partial charge is 0.497 e. The number of rotatable bonds is 6. The van der Waals surface area contributed by atoms with Crippen molar-refractivity contribution in [1.29, 1.82) is 0 Å². The Morgan fingerprint density at radius 3 is 2.42 bits per heavy atom. The Kier molecular flexibility index (Phi) is 4.46. The molecular weight excluding hydrogens is 328 g/mol. The van der Waals surface area contributed by atoms with Crippen LogP contribution in [0, 0.1) is 0 Å². The first kappa shape index (κ1) is 16.4. The van der Waals surface area contributed by atoms with Crippen molar-refractivity contribution in [2.45, 2.75) is 0 Å². The van der Waals surface area contributed by atoms with Gasteiger partial charge in [0.05, 0.1) is 36.0 Å². The zero-order valence-electron chi connectivity index (χ0n) is 14.8. The Morgan fingerprint density at radius 2 is 1.65 bits per heavy atom. The van der Waals surface area contributed by atoms with E-state index in [1.54, 1.807) is 14.2 Å². The molecule has 0 spiro atoms. The van der Waals surface area contributed by atoms with Crippen LogP contribution < -0.4 is 9.47 Å². The summed E-state index contributed by atoms with van der Waals surface area (Å²) in [6, 6.07) is 18.0. The lowest BCUT2D eigenvalue weighted by Gasteiger charge is -2.05. The van der Waals surface area contributed by atoms with Gasteiger partial charge >= 0.3 is 0 Å². The highest BCUT2D eigenvalue weighted by Gasteiger charge is 2.09. The fourth-order valence-electron chi connectivity index (χ4n) is 3.00. The second kappa shape index (κ2) is 7.06. The first-order chi connectivity index (χ1) is 12.8. The lowest BCUT2D eigenvalue weighted by atomic mass is 10.1. The predicted molar refractivity (Wildman–Crippen MR) is 103 cm³/mol. The summed E-state index contributed by atoms with van der Waals surface area (Å²) in [6.07, 6.45) is 0. The number of aromatic amines is 1. The van der Waals surface area contributed by atoms with Crippen LogP contribution in [0.5, 0.6) is 11.5 Å². The van der Waals surface area contributed by atoms with Crippen molar-refractivity contribution in [2.24, 2.45) is 0 Å². The molecule has 4 aromatic rings. The summed E-state index contributed by atoms with van der Waals surface area (Å²) in [5.74, 6) is 1.65. The number of aromatic nitrogens is 2. The van der Waals surface area contributed by atoms with Crippen molar-refractivity contribution in [3.63, 3.8) is 0 Å². The minimum Gasteiger partial charge on any atom is -0.497 e. The fraction of sp³-hybridized carbons (Fsp3) is 0.190. The molecule has 1 N–H and O–H groups in total. The molecule has 4 rings (SSSR count). The first-order valence-electron chi connectivity index (χ1n) is 8.47. The van der Waals surface area contributed by atoms with Gasteiger partial charge in [-0.25, -0.2) is 4.98 Å². The number of hydrogen-bond acceptors (Lipinski definition) is 4. The zero-order valence-corrected chi connectivity index (χ0v) is 14.8. The maximum atomic E-state index is 5.69. The molecule has 26 heavy (non-hydrogen) atoms. The van der Waals surface area contributed by atoms with Gasteiger partial charge in [-0.05, 0) is 48.5 Å². The minimum atomic E-state index is 0.530. The minimum absolute atomic E-state index is 0.530. The van der Waals surface area contributed by atoms with E-state index in [1.165, 1.54) is 0 Å². The van der Waals surface area contributed by atoms with E-state index in [9.17, 15) is 0 Å². The Balaban J connectivity index is 1.71. The van der Waals surface area contributed by atoms with Gasteiger partial charge in [0.15, 0.2) is 0 Å². The smallest absolute Gasteiger partial charge is 0.121 e. The van der Waals surface area contributed by atoms with Crippen LogP contribution in [-0.4, -0.2) is 37.4 Å². The number of pyridine rings is 1. The lowest BCUT2D eigenvalue weighted by Crippen LogP contribution is -2.03. The van der Waals surface area contributed by atoms with Gasteiger partial charge < -0.3 is 19.2 Å². The standard InChI is InChI=1S/C21H20N2O3/c1-24-11-12-26-16-7-8-17-20(13-16)22-19-10-9-18(23-21(17)19)14-3-5-15(25-2)6-4-14/h3-10,13,22H,11-12H2,1-2H3. The number of ether oxygens (including phenoxy) is 3. The van der Waals surface area contributed by atoms with Crippen LogP contribution in [0.3, 0.4) is 0 Å². The van der Waals surface area contributed by atoms with Gasteiger partial charge in [0.25, 0.3) is 0 Å². The summed E-state index contributed by atoms with van der Waals surface area (Å²) in [5.41, 5.74) is 4.96. The van der Waals surface area contributed by atoms with Crippen molar-refractivity contribution < 1.29 is 14.2 Å². The lowest BCUT2D eigenvalue weighted by molar-refractivity contribution is 0.146. The zero-order chi connectivity index (χ0) is 17.9. The molecule has 0 amide bonds. The molecule has 0 saturated carbocycles. The van der Waals surface area contributed by atoms with Gasteiger partial charge in [0.1, 0.15) is 18.1 Å². The molecule has 0 radical (unpaired) electrons. The maximum absolute atomic E-state index is 5.69. The second-order valence-electron chi connectivity index (χ2n) is 5.99. The molecule has 0 unspecified atom stereocenters. The molecule has 2 heterocycles. The third kappa shape index (κ3) is 3.09. The van der Waals surface area contributed by atoms with Crippen LogP contribution in [0.4, 0.5) is 0 Å². The van der Waals surface area contributed by atoms with Crippen molar-refractivity contribution in [2.75, 3.05) is 27.4 Å². The molecule has 2 aromatic heterocycles. The Bertz CT molecular complexity index is 1040. The van der Waals surface area contributed by atoms with Gasteiger partial charge in [-0.1, -0.05) is 0 Å². The summed E-state index contributed by atoms with van der Waals surface area (Å²) in [6.45, 7) is 1.10. The third-order valence-electron chi connectivity index (χ3n) is 4.35. The molecule has 0 aliphatic rings. The van der Waals surface area contributed by atoms with E-state index in [1.807, 2.05) is 48.5 Å². The Morgan fingerprint density at radius 1 is 0.846 bits per heavy atom. The quantitative estimate of drug-likeness (QED) is 0.524. The molecule has 132 valence electrons. The molecule has 0 aliphatic heterocycles. The first-order valence-corrected chi connectivity index (χ1v) is 8.47. The third-order valence-corrected chi connectivity index (χ3v) is 4.35. The summed E-state index contributed by atoms with van der Waals surface area (Å²) in [7, 11) is 3.33. The molecule has 0 fully saturated rings. The van der Waals surface area contributed by atoms with Crippen LogP contribution in [0.1, 0.15) is 0 Å². The number of hydrogen-bond donors (Lipinski definition) is 1. The summed E-state index contributed by atoms with van der Waals surface area (Å²) < 4.78 is 15.9. The normalized spacial score (nSPS) is 11.2. The van der Waals surface area contributed by atoms with E-state index >= 15 is 0 Å². The average Bonchev–Trinajstić information content (AvgIpc) is 3.05. The van der Waals surface area contributed by atoms with Gasteiger partial charge in [0, 0.05) is 24.1 Å². The highest BCUT2D eigenvalue weighted by Crippen LogP contribution is 2.30. The van der Waals surface area contributed by atoms with Crippen molar-refractivity contribution in [3.8, 4) is 22.8 Å². The van der Waals surface area contributed by atoms with Gasteiger partial charge in [0.2, 0.25) is 0 Å². The molecule has 0 aliphatic carbocycles. The summed E-state index contributed by atoms with van der Waals surface area (Å²) in [5, 5.41) is 1.08. The Hall–Kier alpha value is -3.05. The monoisotopic (exact) mass is 348 g/mol. The summed E-state index contributed by atoms with van der Waals surface area (Å²) >= 11 is 0. The molecule has 5 heteroatoms. The molecule has 2 aromatic carbocycles. The van der Waals surface area contributed by atoms with E-state index < -0.39 is 0 Å². The SMILES string of the molecule is COCCOc1ccc2c(c1)[nH]c1ccc(-c3ccc(OC)cc3)nc12. The predicted octanol–water partition coefficient (Wildman–Crippen LogP) is 4.42. The number of benzene rings is 2. The second-order valence-corrected chi connectivity index (χ2v) is 5.99. The molecule has 0 saturated heterocycles. The van der Waals surface area contributed by atoms with E-state index in [4.69, 9.17) is 19.2 Å². The number of H-pyrrole nitrogens is 1. The van der Waals surface area contributed by atoms with Gasteiger partial charge in [-0.3, -0.25) is 0 Å². The van der Waals surface area contributed by atoms with Crippen LogP contribution in [0.25, 0.3) is 33.2 Å². The Labute approximate surface area is 151 Å². The topological polar surface area (TPSA) is 56.4 Å². The van der Waals surface area contributed by atoms with Crippen LogP contribution in [-0.2, 0) is 4.74 Å². The maximum Gasteiger partial charge on any atom is 0.121 e. The van der Waals surface area contributed by atoms with Crippen molar-refractivity contribution in [3.05, 3.63) is 54.6 Å². The molecule has 0 atom stereocenters. The van der Waals surface area contributed by atoms with Crippen LogP contribution >= 0.6 is 0 Å². The number of fused-ring (bicyclic) bond motifs is 3.